The first-order chi connectivity index (χ1) is 13.9. The fourth-order valence-corrected chi connectivity index (χ4v) is 3.66. The van der Waals surface area contributed by atoms with Crippen LogP contribution in [-0.2, 0) is 16.1 Å². The molecule has 1 aliphatic rings. The maximum Gasteiger partial charge on any atom is 0.256 e. The number of carbonyl (C=O) groups is 2. The molecule has 0 radical (unpaired) electrons. The number of aromatic nitrogens is 2. The van der Waals surface area contributed by atoms with Gasteiger partial charge in [-0.15, -0.1) is 0 Å². The monoisotopic (exact) mass is 416 g/mol. The third-order valence-electron chi connectivity index (χ3n) is 5.09. The number of hydrogen-bond donors (Lipinski definition) is 2. The van der Waals surface area contributed by atoms with Crippen molar-refractivity contribution in [1.29, 1.82) is 0 Å². The summed E-state index contributed by atoms with van der Waals surface area (Å²) in [6.45, 7) is 4.09. The first kappa shape index (κ1) is 21.0. The van der Waals surface area contributed by atoms with E-state index < -0.39 is 0 Å². The van der Waals surface area contributed by atoms with Crippen LogP contribution in [0.1, 0.15) is 50.3 Å². The maximum absolute atomic E-state index is 12.8. The number of amides is 2. The normalized spacial score (nSPS) is 15.7. The van der Waals surface area contributed by atoms with Crippen molar-refractivity contribution in [2.24, 2.45) is 0 Å². The predicted molar refractivity (Wildman–Crippen MR) is 112 cm³/mol. The number of carbonyl (C=O) groups excluding carboxylic acids is 2. The summed E-state index contributed by atoms with van der Waals surface area (Å²) in [6, 6.07) is 7.15. The number of hydrogen-bond acceptors (Lipinski definition) is 4. The van der Waals surface area contributed by atoms with Crippen molar-refractivity contribution >= 4 is 23.4 Å². The van der Waals surface area contributed by atoms with Crippen LogP contribution in [0, 0.1) is 0 Å². The molecule has 0 saturated carbocycles. The highest BCUT2D eigenvalue weighted by Crippen LogP contribution is 2.30. The molecule has 2 N–H and O–H groups in total. The standard InChI is InChI=1S/C21H25ClN4O3/c1-3-4-5-15-11-26(18(28)10-23-13(2)27)12-17-19(15)24-20(25-21(17)29)14-6-8-16(22)9-7-14/h6-9,15H,3-5,10-12H2,1-2H3,(H,23,27)(H,24,25,29). The van der Waals surface area contributed by atoms with Gasteiger partial charge in [-0.3, -0.25) is 14.4 Å². The molecule has 29 heavy (non-hydrogen) atoms. The number of nitrogens with one attached hydrogen (secondary N) is 2. The van der Waals surface area contributed by atoms with E-state index in [-0.39, 0.29) is 36.4 Å². The minimum Gasteiger partial charge on any atom is -0.347 e. The number of rotatable bonds is 6. The summed E-state index contributed by atoms with van der Waals surface area (Å²) >= 11 is 5.96. The van der Waals surface area contributed by atoms with Gasteiger partial charge in [0.15, 0.2) is 0 Å². The topological polar surface area (TPSA) is 95.2 Å². The zero-order valence-corrected chi connectivity index (χ0v) is 17.4. The van der Waals surface area contributed by atoms with Gasteiger partial charge in [-0.05, 0) is 30.7 Å². The largest absolute Gasteiger partial charge is 0.347 e. The van der Waals surface area contributed by atoms with Gasteiger partial charge in [0.25, 0.3) is 5.56 Å². The molecule has 7 nitrogen and oxygen atoms in total. The van der Waals surface area contributed by atoms with Crippen molar-refractivity contribution in [3.63, 3.8) is 0 Å². The molecule has 0 bridgehead atoms. The van der Waals surface area contributed by atoms with Gasteiger partial charge in [-0.2, -0.15) is 0 Å². The van der Waals surface area contributed by atoms with Crippen LogP contribution >= 0.6 is 11.6 Å². The first-order valence-electron chi connectivity index (χ1n) is 9.80. The smallest absolute Gasteiger partial charge is 0.256 e. The average Bonchev–Trinajstić information content (AvgIpc) is 2.70. The minimum atomic E-state index is -0.259. The molecule has 2 aromatic rings. The van der Waals surface area contributed by atoms with E-state index in [0.717, 1.165) is 30.5 Å². The van der Waals surface area contributed by atoms with E-state index in [1.54, 1.807) is 17.0 Å². The molecule has 154 valence electrons. The summed E-state index contributed by atoms with van der Waals surface area (Å²) in [7, 11) is 0. The summed E-state index contributed by atoms with van der Waals surface area (Å²) < 4.78 is 0. The minimum absolute atomic E-state index is 0.0201. The zero-order chi connectivity index (χ0) is 21.0. The Morgan fingerprint density at radius 1 is 1.31 bits per heavy atom. The summed E-state index contributed by atoms with van der Waals surface area (Å²) in [5.74, 6) is 0.0252. The molecule has 1 aromatic heterocycles. The van der Waals surface area contributed by atoms with Gasteiger partial charge in [0.1, 0.15) is 5.82 Å². The van der Waals surface area contributed by atoms with E-state index in [0.29, 0.717) is 23.0 Å². The molecular weight excluding hydrogens is 392 g/mol. The van der Waals surface area contributed by atoms with Crippen LogP contribution in [0.5, 0.6) is 0 Å². The van der Waals surface area contributed by atoms with Crippen molar-refractivity contribution < 1.29 is 9.59 Å². The van der Waals surface area contributed by atoms with Gasteiger partial charge in [0.2, 0.25) is 11.8 Å². The Morgan fingerprint density at radius 3 is 2.69 bits per heavy atom. The quantitative estimate of drug-likeness (QED) is 0.756. The van der Waals surface area contributed by atoms with Crippen molar-refractivity contribution in [2.45, 2.75) is 45.6 Å². The third-order valence-corrected chi connectivity index (χ3v) is 5.34. The Labute approximate surface area is 174 Å². The first-order valence-corrected chi connectivity index (χ1v) is 10.2. The summed E-state index contributed by atoms with van der Waals surface area (Å²) in [4.78, 5) is 45.8. The molecule has 0 spiro atoms. The van der Waals surface area contributed by atoms with Gasteiger partial charge in [-0.25, -0.2) is 4.98 Å². The van der Waals surface area contributed by atoms with E-state index in [9.17, 15) is 14.4 Å². The van der Waals surface area contributed by atoms with Crippen LogP contribution in [-0.4, -0.2) is 39.8 Å². The molecular formula is C21H25ClN4O3. The van der Waals surface area contributed by atoms with Gasteiger partial charge < -0.3 is 15.2 Å². The van der Waals surface area contributed by atoms with Crippen LogP contribution in [0.15, 0.2) is 29.1 Å². The van der Waals surface area contributed by atoms with Gasteiger partial charge in [0, 0.05) is 30.0 Å². The number of nitrogens with zero attached hydrogens (tertiary/aromatic N) is 2. The molecule has 8 heteroatoms. The highest BCUT2D eigenvalue weighted by atomic mass is 35.5. The predicted octanol–water partition coefficient (Wildman–Crippen LogP) is 2.84. The molecule has 2 amide bonds. The lowest BCUT2D eigenvalue weighted by atomic mass is 9.90. The number of unbranched alkanes of at least 4 members (excludes halogenated alkanes) is 1. The van der Waals surface area contributed by atoms with Crippen molar-refractivity contribution in [3.8, 4) is 11.4 Å². The molecule has 0 fully saturated rings. The van der Waals surface area contributed by atoms with Crippen LogP contribution in [0.2, 0.25) is 5.02 Å². The number of halogens is 1. The molecule has 1 aliphatic heterocycles. The summed E-state index contributed by atoms with van der Waals surface area (Å²) in [5, 5.41) is 3.15. The second kappa shape index (κ2) is 9.22. The lowest BCUT2D eigenvalue weighted by molar-refractivity contribution is -0.133. The number of H-pyrrole nitrogens is 1. The Kier molecular flexibility index (Phi) is 6.69. The Bertz CT molecular complexity index is 955. The molecule has 1 aromatic carbocycles. The second-order valence-corrected chi connectivity index (χ2v) is 7.74. The third kappa shape index (κ3) is 5.03. The molecule has 0 saturated heterocycles. The molecule has 1 atom stereocenters. The maximum atomic E-state index is 12.8. The number of fused-ring (bicyclic) bond motifs is 1. The van der Waals surface area contributed by atoms with E-state index in [1.165, 1.54) is 6.92 Å². The summed E-state index contributed by atoms with van der Waals surface area (Å²) in [6.07, 6.45) is 2.82. The number of aromatic amines is 1. The highest BCUT2D eigenvalue weighted by Gasteiger charge is 2.31. The van der Waals surface area contributed by atoms with Crippen molar-refractivity contribution in [2.75, 3.05) is 13.1 Å². The fraction of sp³-hybridized carbons (Fsp3) is 0.429. The van der Waals surface area contributed by atoms with Crippen LogP contribution in [0.25, 0.3) is 11.4 Å². The van der Waals surface area contributed by atoms with Crippen LogP contribution in [0.3, 0.4) is 0 Å². The summed E-state index contributed by atoms with van der Waals surface area (Å²) in [5.41, 5.74) is 1.83. The highest BCUT2D eigenvalue weighted by molar-refractivity contribution is 6.30. The van der Waals surface area contributed by atoms with Crippen molar-refractivity contribution in [3.05, 3.63) is 50.9 Å². The lowest BCUT2D eigenvalue weighted by Crippen LogP contribution is -2.45. The number of benzene rings is 1. The fourth-order valence-electron chi connectivity index (χ4n) is 3.54. The Balaban J connectivity index is 1.94. The second-order valence-electron chi connectivity index (χ2n) is 7.31. The van der Waals surface area contributed by atoms with Gasteiger partial charge in [-0.1, -0.05) is 31.4 Å². The van der Waals surface area contributed by atoms with Crippen LogP contribution < -0.4 is 10.9 Å². The molecule has 2 heterocycles. The Hall–Kier alpha value is -2.67. The molecule has 0 aliphatic carbocycles. The van der Waals surface area contributed by atoms with Gasteiger partial charge >= 0.3 is 0 Å². The zero-order valence-electron chi connectivity index (χ0n) is 16.6. The van der Waals surface area contributed by atoms with Crippen molar-refractivity contribution in [1.82, 2.24) is 20.2 Å². The molecule has 3 rings (SSSR count). The van der Waals surface area contributed by atoms with Gasteiger partial charge in [0.05, 0.1) is 24.3 Å². The van der Waals surface area contributed by atoms with E-state index in [2.05, 4.69) is 17.2 Å². The average molecular weight is 417 g/mol. The Morgan fingerprint density at radius 2 is 2.03 bits per heavy atom. The van der Waals surface area contributed by atoms with E-state index in [1.807, 2.05) is 12.1 Å². The van der Waals surface area contributed by atoms with E-state index >= 15 is 0 Å². The SMILES string of the molecule is CCCCC1CN(C(=O)CNC(C)=O)Cc2c1nc(-c1ccc(Cl)cc1)[nH]c2=O. The van der Waals surface area contributed by atoms with Crippen LogP contribution in [0.4, 0.5) is 0 Å². The lowest BCUT2D eigenvalue weighted by Gasteiger charge is -2.33. The molecule has 1 unspecified atom stereocenters. The van der Waals surface area contributed by atoms with E-state index in [4.69, 9.17) is 16.6 Å².